The lowest BCUT2D eigenvalue weighted by atomic mass is 9.96. The minimum absolute atomic E-state index is 0.148. The van der Waals surface area contributed by atoms with Crippen LogP contribution in [0.2, 0.25) is 0 Å². The molecule has 94 valence electrons. The van der Waals surface area contributed by atoms with Gasteiger partial charge in [0.15, 0.2) is 9.84 Å². The van der Waals surface area contributed by atoms with Gasteiger partial charge in [-0.2, -0.15) is 0 Å². The van der Waals surface area contributed by atoms with Gasteiger partial charge in [0, 0.05) is 17.6 Å². The van der Waals surface area contributed by atoms with E-state index in [0.717, 1.165) is 19.5 Å². The Morgan fingerprint density at radius 2 is 2.06 bits per heavy atom. The van der Waals surface area contributed by atoms with Gasteiger partial charge in [0.05, 0.1) is 11.5 Å². The first kappa shape index (κ1) is 12.3. The lowest BCUT2D eigenvalue weighted by Crippen LogP contribution is -2.53. The molecule has 5 heteroatoms. The fourth-order valence-corrected chi connectivity index (χ4v) is 4.79. The molecule has 2 heterocycles. The molecule has 2 aliphatic heterocycles. The van der Waals surface area contributed by atoms with Gasteiger partial charge < -0.3 is 10.6 Å². The van der Waals surface area contributed by atoms with Crippen LogP contribution in [0.25, 0.3) is 0 Å². The number of hydrogen-bond donors (Lipinski definition) is 2. The van der Waals surface area contributed by atoms with Crippen molar-refractivity contribution in [2.75, 3.05) is 24.6 Å². The number of rotatable bonds is 3. The van der Waals surface area contributed by atoms with Crippen molar-refractivity contribution in [2.45, 2.75) is 44.2 Å². The van der Waals surface area contributed by atoms with Gasteiger partial charge in [0.2, 0.25) is 0 Å². The zero-order valence-corrected chi connectivity index (χ0v) is 11.0. The van der Waals surface area contributed by atoms with Crippen LogP contribution in [0.15, 0.2) is 0 Å². The van der Waals surface area contributed by atoms with E-state index in [4.69, 9.17) is 0 Å². The summed E-state index contributed by atoms with van der Waals surface area (Å²) in [6.07, 6.45) is 3.13. The second-order valence-corrected chi connectivity index (χ2v) is 8.03. The molecule has 0 bridgehead atoms. The number of hydrogen-bond acceptors (Lipinski definition) is 4. The third-order valence-electron chi connectivity index (χ3n) is 3.87. The molecule has 2 N–H and O–H groups in total. The Kier molecular flexibility index (Phi) is 3.05. The molecule has 0 saturated carbocycles. The monoisotopic (exact) mass is 246 g/mol. The summed E-state index contributed by atoms with van der Waals surface area (Å²) in [6.45, 7) is 6.17. The molecule has 0 radical (unpaired) electrons. The standard InChI is InChI=1S/C11H22N2O2S/c1-10(4-3-6-12-10)8-13-11(2)5-7-16(14,15)9-11/h12-13H,3-9H2,1-2H3. The maximum atomic E-state index is 11.5. The Labute approximate surface area is 98.1 Å². The summed E-state index contributed by atoms with van der Waals surface area (Å²) in [7, 11) is -2.80. The van der Waals surface area contributed by atoms with Gasteiger partial charge in [0.1, 0.15) is 0 Å². The second-order valence-electron chi connectivity index (χ2n) is 5.85. The van der Waals surface area contributed by atoms with E-state index in [1.54, 1.807) is 0 Å². The van der Waals surface area contributed by atoms with Crippen LogP contribution in [0.4, 0.5) is 0 Å². The molecular weight excluding hydrogens is 224 g/mol. The van der Waals surface area contributed by atoms with E-state index >= 15 is 0 Å². The fourth-order valence-electron chi connectivity index (χ4n) is 2.67. The maximum Gasteiger partial charge on any atom is 0.152 e. The highest BCUT2D eigenvalue weighted by Gasteiger charge is 2.39. The summed E-state index contributed by atoms with van der Waals surface area (Å²) in [5.41, 5.74) is -0.0680. The molecule has 0 aliphatic carbocycles. The summed E-state index contributed by atoms with van der Waals surface area (Å²) in [6, 6.07) is 0. The van der Waals surface area contributed by atoms with Crippen LogP contribution in [0, 0.1) is 0 Å². The molecule has 2 saturated heterocycles. The average molecular weight is 246 g/mol. The molecule has 2 rings (SSSR count). The molecule has 0 aromatic heterocycles. The van der Waals surface area contributed by atoms with Crippen LogP contribution < -0.4 is 10.6 Å². The summed E-state index contributed by atoms with van der Waals surface area (Å²) in [5, 5.41) is 6.94. The van der Waals surface area contributed by atoms with Crippen molar-refractivity contribution in [2.24, 2.45) is 0 Å². The zero-order valence-electron chi connectivity index (χ0n) is 10.2. The minimum atomic E-state index is -2.80. The van der Waals surface area contributed by atoms with Gasteiger partial charge in [-0.05, 0) is 39.7 Å². The van der Waals surface area contributed by atoms with Crippen LogP contribution in [-0.2, 0) is 9.84 Å². The summed E-state index contributed by atoms with van der Waals surface area (Å²) >= 11 is 0. The van der Waals surface area contributed by atoms with Gasteiger partial charge in [0.25, 0.3) is 0 Å². The van der Waals surface area contributed by atoms with Crippen molar-refractivity contribution >= 4 is 9.84 Å². The third-order valence-corrected chi connectivity index (χ3v) is 5.77. The topological polar surface area (TPSA) is 58.2 Å². The average Bonchev–Trinajstić information content (AvgIpc) is 2.70. The van der Waals surface area contributed by atoms with Crippen LogP contribution in [-0.4, -0.2) is 44.1 Å². The van der Waals surface area contributed by atoms with E-state index < -0.39 is 9.84 Å². The fraction of sp³-hybridized carbons (Fsp3) is 1.00. The normalized spacial score (nSPS) is 42.6. The molecule has 0 amide bonds. The molecule has 2 unspecified atom stereocenters. The lowest BCUT2D eigenvalue weighted by Gasteiger charge is -2.31. The van der Waals surface area contributed by atoms with E-state index in [2.05, 4.69) is 17.6 Å². The summed E-state index contributed by atoms with van der Waals surface area (Å²) in [5.74, 6) is 0.622. The van der Waals surface area contributed by atoms with E-state index in [9.17, 15) is 8.42 Å². The zero-order chi connectivity index (χ0) is 11.9. The largest absolute Gasteiger partial charge is 0.310 e. The Morgan fingerprint density at radius 3 is 2.56 bits per heavy atom. The number of nitrogens with one attached hydrogen (secondary N) is 2. The Hall–Kier alpha value is -0.130. The van der Waals surface area contributed by atoms with E-state index in [1.807, 2.05) is 6.92 Å². The van der Waals surface area contributed by atoms with Crippen molar-refractivity contribution in [3.63, 3.8) is 0 Å². The van der Waals surface area contributed by atoms with Gasteiger partial charge >= 0.3 is 0 Å². The van der Waals surface area contributed by atoms with E-state index in [0.29, 0.717) is 5.75 Å². The van der Waals surface area contributed by atoms with Crippen molar-refractivity contribution in [1.82, 2.24) is 10.6 Å². The quantitative estimate of drug-likeness (QED) is 0.752. The molecule has 2 atom stereocenters. The highest BCUT2D eigenvalue weighted by atomic mass is 32.2. The Morgan fingerprint density at radius 1 is 1.31 bits per heavy atom. The molecule has 16 heavy (non-hydrogen) atoms. The highest BCUT2D eigenvalue weighted by molar-refractivity contribution is 7.91. The van der Waals surface area contributed by atoms with Gasteiger partial charge in [-0.25, -0.2) is 8.42 Å². The molecule has 4 nitrogen and oxygen atoms in total. The minimum Gasteiger partial charge on any atom is -0.310 e. The predicted octanol–water partition coefficient (Wildman–Crippen LogP) is 0.295. The Balaban J connectivity index is 1.91. The first-order valence-electron chi connectivity index (χ1n) is 6.03. The van der Waals surface area contributed by atoms with Gasteiger partial charge in [-0.3, -0.25) is 0 Å². The van der Waals surface area contributed by atoms with Crippen molar-refractivity contribution in [1.29, 1.82) is 0 Å². The molecule has 2 fully saturated rings. The maximum absolute atomic E-state index is 11.5. The van der Waals surface area contributed by atoms with E-state index in [-0.39, 0.29) is 16.8 Å². The van der Waals surface area contributed by atoms with Crippen molar-refractivity contribution in [3.05, 3.63) is 0 Å². The first-order chi connectivity index (χ1) is 7.33. The Bertz CT molecular complexity index is 360. The molecule has 0 spiro atoms. The van der Waals surface area contributed by atoms with E-state index in [1.165, 1.54) is 12.8 Å². The van der Waals surface area contributed by atoms with Crippen LogP contribution in [0.3, 0.4) is 0 Å². The molecular formula is C11H22N2O2S. The second kappa shape index (κ2) is 3.96. The third kappa shape index (κ3) is 2.76. The van der Waals surface area contributed by atoms with Gasteiger partial charge in [-0.15, -0.1) is 0 Å². The molecule has 2 aliphatic rings. The molecule has 0 aromatic rings. The molecule has 0 aromatic carbocycles. The first-order valence-corrected chi connectivity index (χ1v) is 7.85. The van der Waals surface area contributed by atoms with Crippen molar-refractivity contribution < 1.29 is 8.42 Å². The van der Waals surface area contributed by atoms with Crippen LogP contribution >= 0.6 is 0 Å². The van der Waals surface area contributed by atoms with Crippen molar-refractivity contribution in [3.8, 4) is 0 Å². The predicted molar refractivity (Wildman–Crippen MR) is 65.3 cm³/mol. The smallest absolute Gasteiger partial charge is 0.152 e. The van der Waals surface area contributed by atoms with Crippen LogP contribution in [0.5, 0.6) is 0 Å². The number of sulfone groups is 1. The SMILES string of the molecule is CC1(CNC2(C)CCS(=O)(=O)C2)CCCN1. The van der Waals surface area contributed by atoms with Crippen LogP contribution in [0.1, 0.15) is 33.1 Å². The lowest BCUT2D eigenvalue weighted by molar-refractivity contribution is 0.312. The highest BCUT2D eigenvalue weighted by Crippen LogP contribution is 2.25. The summed E-state index contributed by atoms with van der Waals surface area (Å²) in [4.78, 5) is 0. The summed E-state index contributed by atoms with van der Waals surface area (Å²) < 4.78 is 22.9. The van der Waals surface area contributed by atoms with Gasteiger partial charge in [-0.1, -0.05) is 0 Å².